The molecule has 2 bridgehead atoms. The van der Waals surface area contributed by atoms with Crippen molar-refractivity contribution in [1.82, 2.24) is 0 Å². The highest BCUT2D eigenvalue weighted by Gasteiger charge is 2.34. The SMILES string of the molecule is C1CC2CC(O1)O2.CCCc1ccc(OCc2ccccc2)cc1. The maximum absolute atomic E-state index is 5.73. The molecular weight excluding hydrogens is 300 g/mol. The fraction of sp³-hybridized carbons (Fsp3) is 0.429. The van der Waals surface area contributed by atoms with Gasteiger partial charge in [0.2, 0.25) is 0 Å². The van der Waals surface area contributed by atoms with Gasteiger partial charge in [0.05, 0.1) is 12.7 Å². The molecule has 3 nitrogen and oxygen atoms in total. The Morgan fingerprint density at radius 1 is 1.00 bits per heavy atom. The number of hydrogen-bond donors (Lipinski definition) is 0. The molecule has 3 aliphatic heterocycles. The van der Waals surface area contributed by atoms with Gasteiger partial charge in [0.1, 0.15) is 12.4 Å². The van der Waals surface area contributed by atoms with Gasteiger partial charge in [-0.1, -0.05) is 55.8 Å². The highest BCUT2D eigenvalue weighted by Crippen LogP contribution is 2.28. The molecule has 3 aliphatic rings. The zero-order chi connectivity index (χ0) is 16.6. The average molecular weight is 326 g/mol. The van der Waals surface area contributed by atoms with E-state index in [1.54, 1.807) is 0 Å². The monoisotopic (exact) mass is 326 g/mol. The molecule has 2 aromatic carbocycles. The van der Waals surface area contributed by atoms with Gasteiger partial charge < -0.3 is 14.2 Å². The van der Waals surface area contributed by atoms with Crippen molar-refractivity contribution in [3.63, 3.8) is 0 Å². The van der Waals surface area contributed by atoms with Crippen molar-refractivity contribution in [2.24, 2.45) is 0 Å². The lowest BCUT2D eigenvalue weighted by molar-refractivity contribution is -0.297. The molecule has 0 saturated carbocycles. The second kappa shape index (κ2) is 8.86. The minimum absolute atomic E-state index is 0.179. The number of hydrogen-bond acceptors (Lipinski definition) is 3. The van der Waals surface area contributed by atoms with Crippen LogP contribution < -0.4 is 4.74 Å². The van der Waals surface area contributed by atoms with Gasteiger partial charge in [0.25, 0.3) is 0 Å². The zero-order valence-electron chi connectivity index (χ0n) is 14.3. The van der Waals surface area contributed by atoms with Crippen LogP contribution in [0.1, 0.15) is 37.3 Å². The Balaban J connectivity index is 0.000000198. The zero-order valence-corrected chi connectivity index (χ0v) is 14.3. The molecule has 24 heavy (non-hydrogen) atoms. The van der Waals surface area contributed by atoms with Crippen molar-refractivity contribution in [1.29, 1.82) is 0 Å². The lowest BCUT2D eigenvalue weighted by atomic mass is 10.1. The number of aryl methyl sites for hydroxylation is 1. The second-order valence-corrected chi connectivity index (χ2v) is 6.25. The van der Waals surface area contributed by atoms with Gasteiger partial charge in [0, 0.05) is 6.42 Å². The van der Waals surface area contributed by atoms with E-state index in [2.05, 4.69) is 31.2 Å². The van der Waals surface area contributed by atoms with Crippen LogP contribution in [0.2, 0.25) is 0 Å². The summed E-state index contributed by atoms with van der Waals surface area (Å²) in [6, 6.07) is 18.6. The highest BCUT2D eigenvalue weighted by molar-refractivity contribution is 5.27. The molecule has 3 saturated heterocycles. The summed E-state index contributed by atoms with van der Waals surface area (Å²) in [6.45, 7) is 3.74. The van der Waals surface area contributed by atoms with Crippen molar-refractivity contribution >= 4 is 0 Å². The lowest BCUT2D eigenvalue weighted by Crippen LogP contribution is -2.45. The van der Waals surface area contributed by atoms with Crippen LogP contribution in [-0.4, -0.2) is 19.0 Å². The summed E-state index contributed by atoms with van der Waals surface area (Å²) in [6.07, 6.45) is 5.30. The quantitative estimate of drug-likeness (QED) is 0.794. The van der Waals surface area contributed by atoms with Crippen molar-refractivity contribution in [2.45, 2.75) is 51.6 Å². The molecule has 2 aromatic rings. The number of benzene rings is 2. The smallest absolute Gasteiger partial charge is 0.160 e. The summed E-state index contributed by atoms with van der Waals surface area (Å²) >= 11 is 0. The molecule has 3 heterocycles. The first-order chi connectivity index (χ1) is 11.8. The first-order valence-corrected chi connectivity index (χ1v) is 8.86. The Morgan fingerprint density at radius 2 is 1.75 bits per heavy atom. The van der Waals surface area contributed by atoms with Crippen LogP contribution in [0.4, 0.5) is 0 Å². The van der Waals surface area contributed by atoms with Gasteiger partial charge in [-0.3, -0.25) is 0 Å². The predicted molar refractivity (Wildman–Crippen MR) is 95.1 cm³/mol. The summed E-state index contributed by atoms with van der Waals surface area (Å²) in [4.78, 5) is 0. The van der Waals surface area contributed by atoms with E-state index in [9.17, 15) is 0 Å². The fourth-order valence-corrected chi connectivity index (χ4v) is 2.82. The maximum Gasteiger partial charge on any atom is 0.160 e. The maximum atomic E-state index is 5.73. The molecule has 0 amide bonds. The molecule has 2 unspecified atom stereocenters. The molecule has 0 aliphatic carbocycles. The van der Waals surface area contributed by atoms with E-state index >= 15 is 0 Å². The van der Waals surface area contributed by atoms with E-state index in [0.29, 0.717) is 12.7 Å². The van der Waals surface area contributed by atoms with Crippen molar-refractivity contribution in [3.8, 4) is 5.75 Å². The van der Waals surface area contributed by atoms with E-state index in [1.807, 2.05) is 30.3 Å². The van der Waals surface area contributed by atoms with E-state index in [1.165, 1.54) is 17.5 Å². The van der Waals surface area contributed by atoms with Crippen molar-refractivity contribution < 1.29 is 14.2 Å². The Morgan fingerprint density at radius 3 is 2.25 bits per heavy atom. The summed E-state index contributed by atoms with van der Waals surface area (Å²) in [7, 11) is 0. The summed E-state index contributed by atoms with van der Waals surface area (Å²) in [5.74, 6) is 0.939. The Bertz CT molecular complexity index is 575. The fourth-order valence-electron chi connectivity index (χ4n) is 2.82. The topological polar surface area (TPSA) is 27.7 Å². The molecular formula is C21H26O3. The van der Waals surface area contributed by atoms with E-state index in [4.69, 9.17) is 14.2 Å². The minimum atomic E-state index is 0.179. The van der Waals surface area contributed by atoms with Gasteiger partial charge in [-0.25, -0.2) is 0 Å². The second-order valence-electron chi connectivity index (χ2n) is 6.25. The van der Waals surface area contributed by atoms with Crippen molar-refractivity contribution in [2.75, 3.05) is 6.61 Å². The summed E-state index contributed by atoms with van der Waals surface area (Å²) in [5.41, 5.74) is 2.57. The van der Waals surface area contributed by atoms with Crippen LogP contribution in [-0.2, 0) is 22.5 Å². The molecule has 0 N–H and O–H groups in total. The number of fused-ring (bicyclic) bond motifs is 2. The molecule has 0 radical (unpaired) electrons. The normalized spacial score (nSPS) is 21.2. The minimum Gasteiger partial charge on any atom is -0.489 e. The van der Waals surface area contributed by atoms with Crippen LogP contribution in [0.15, 0.2) is 54.6 Å². The van der Waals surface area contributed by atoms with Gasteiger partial charge in [-0.05, 0) is 36.1 Å². The van der Waals surface area contributed by atoms with Crippen LogP contribution >= 0.6 is 0 Å². The predicted octanol–water partition coefficient (Wildman–Crippen LogP) is 4.74. The first-order valence-electron chi connectivity index (χ1n) is 8.86. The van der Waals surface area contributed by atoms with E-state index in [-0.39, 0.29) is 6.29 Å². The molecule has 5 rings (SSSR count). The molecule has 0 aromatic heterocycles. The number of ether oxygens (including phenoxy) is 3. The van der Waals surface area contributed by atoms with Crippen molar-refractivity contribution in [3.05, 3.63) is 65.7 Å². The van der Waals surface area contributed by atoms with Gasteiger partial charge >= 0.3 is 0 Å². The summed E-state index contributed by atoms with van der Waals surface area (Å²) < 4.78 is 16.0. The van der Waals surface area contributed by atoms with Gasteiger partial charge in [-0.15, -0.1) is 0 Å². The van der Waals surface area contributed by atoms with Crippen LogP contribution in [0.3, 0.4) is 0 Å². The average Bonchev–Trinajstić information content (AvgIpc) is 2.63. The largest absolute Gasteiger partial charge is 0.489 e. The number of rotatable bonds is 5. The third-order valence-electron chi connectivity index (χ3n) is 4.25. The standard InChI is InChI=1S/C16H18O.C5H8O2/c1-2-6-14-9-11-16(12-10-14)17-13-15-7-4-3-5-8-15;1-2-6-5-3-4(1)7-5/h3-5,7-12H,2,6,13H2,1H3;4-5H,1-3H2. The van der Waals surface area contributed by atoms with Crippen LogP contribution in [0.25, 0.3) is 0 Å². The molecule has 3 heteroatoms. The Hall–Kier alpha value is -1.84. The third-order valence-corrected chi connectivity index (χ3v) is 4.25. The molecule has 3 fully saturated rings. The molecule has 2 atom stereocenters. The molecule has 0 spiro atoms. The van der Waals surface area contributed by atoms with Crippen LogP contribution in [0, 0.1) is 0 Å². The van der Waals surface area contributed by atoms with E-state index < -0.39 is 0 Å². The Kier molecular flexibility index (Phi) is 6.27. The first kappa shape index (κ1) is 17.0. The third kappa shape index (κ3) is 5.08. The summed E-state index contributed by atoms with van der Waals surface area (Å²) in [5, 5.41) is 0. The molecule has 128 valence electrons. The van der Waals surface area contributed by atoms with Gasteiger partial charge in [0.15, 0.2) is 6.29 Å². The van der Waals surface area contributed by atoms with Gasteiger partial charge in [-0.2, -0.15) is 0 Å². The van der Waals surface area contributed by atoms with Crippen LogP contribution in [0.5, 0.6) is 5.75 Å². The Labute approximate surface area is 144 Å². The van der Waals surface area contributed by atoms with E-state index in [0.717, 1.165) is 31.6 Å². The lowest BCUT2D eigenvalue weighted by Gasteiger charge is -2.40. The highest BCUT2D eigenvalue weighted by atomic mass is 16.7.